The summed E-state index contributed by atoms with van der Waals surface area (Å²) < 4.78 is 0. The van der Waals surface area contributed by atoms with Gasteiger partial charge in [0.05, 0.1) is 15.7 Å². The number of aromatic nitrogens is 1. The maximum Gasteiger partial charge on any atom is 0.0636 e. The van der Waals surface area contributed by atoms with Crippen LogP contribution in [0.25, 0.3) is 0 Å². The molecule has 0 fully saturated rings. The Morgan fingerprint density at radius 1 is 1.36 bits per heavy atom. The van der Waals surface area contributed by atoms with Crippen molar-refractivity contribution in [3.05, 3.63) is 28.0 Å². The summed E-state index contributed by atoms with van der Waals surface area (Å²) >= 11 is 17.0. The molecule has 0 radical (unpaired) electrons. The van der Waals surface area contributed by atoms with Crippen molar-refractivity contribution >= 4 is 34.8 Å². The van der Waals surface area contributed by atoms with Crippen LogP contribution in [0.15, 0.2) is 12.3 Å². The molecule has 4 heteroatoms. The van der Waals surface area contributed by atoms with Gasteiger partial charge in [-0.1, -0.05) is 23.2 Å². The van der Waals surface area contributed by atoms with Gasteiger partial charge in [-0.3, -0.25) is 4.98 Å². The van der Waals surface area contributed by atoms with E-state index in [1.165, 1.54) is 0 Å². The Bertz CT molecular complexity index is 249. The third kappa shape index (κ3) is 2.51. The highest BCUT2D eigenvalue weighted by Crippen LogP contribution is 2.18. The lowest BCUT2D eigenvalue weighted by Crippen LogP contribution is -1.91. The van der Waals surface area contributed by atoms with E-state index in [1.54, 1.807) is 12.3 Å². The number of aryl methyl sites for hydroxylation is 1. The van der Waals surface area contributed by atoms with Gasteiger partial charge in [-0.05, 0) is 6.07 Å². The Morgan fingerprint density at radius 3 is 2.64 bits per heavy atom. The molecule has 0 amide bonds. The van der Waals surface area contributed by atoms with E-state index in [9.17, 15) is 0 Å². The van der Waals surface area contributed by atoms with Gasteiger partial charge >= 0.3 is 0 Å². The van der Waals surface area contributed by atoms with Crippen molar-refractivity contribution in [2.45, 2.75) is 6.42 Å². The molecule has 0 spiro atoms. The van der Waals surface area contributed by atoms with Gasteiger partial charge in [0.25, 0.3) is 0 Å². The number of hydrogen-bond donors (Lipinski definition) is 0. The second-order valence-corrected chi connectivity index (χ2v) is 3.24. The molecule has 1 heterocycles. The van der Waals surface area contributed by atoms with Crippen molar-refractivity contribution in [1.29, 1.82) is 0 Å². The third-order valence-electron chi connectivity index (χ3n) is 1.22. The first-order chi connectivity index (χ1) is 5.24. The molecule has 11 heavy (non-hydrogen) atoms. The van der Waals surface area contributed by atoms with E-state index < -0.39 is 0 Å². The molecule has 0 N–H and O–H groups in total. The van der Waals surface area contributed by atoms with Gasteiger partial charge in [-0.15, -0.1) is 11.6 Å². The van der Waals surface area contributed by atoms with Crippen LogP contribution in [-0.2, 0) is 6.42 Å². The van der Waals surface area contributed by atoms with Crippen LogP contribution in [0.1, 0.15) is 5.69 Å². The van der Waals surface area contributed by atoms with Crippen LogP contribution in [0.5, 0.6) is 0 Å². The first kappa shape index (κ1) is 9.11. The number of hydrogen-bond acceptors (Lipinski definition) is 1. The Morgan fingerprint density at radius 2 is 2.09 bits per heavy atom. The van der Waals surface area contributed by atoms with Crippen LogP contribution in [0.4, 0.5) is 0 Å². The summed E-state index contributed by atoms with van der Waals surface area (Å²) in [5.41, 5.74) is 0.797. The minimum atomic E-state index is 0.522. The molecule has 1 nitrogen and oxygen atoms in total. The van der Waals surface area contributed by atoms with Crippen molar-refractivity contribution in [1.82, 2.24) is 4.98 Å². The molecule has 0 bridgehead atoms. The zero-order chi connectivity index (χ0) is 8.27. The predicted octanol–water partition coefficient (Wildman–Crippen LogP) is 3.17. The standard InChI is InChI=1S/C7H6Cl3N/c8-2-1-7-6(10)3-5(9)4-11-7/h3-4H,1-2H2. The lowest BCUT2D eigenvalue weighted by Gasteiger charge is -1.99. The highest BCUT2D eigenvalue weighted by atomic mass is 35.5. The van der Waals surface area contributed by atoms with Crippen molar-refractivity contribution in [3.63, 3.8) is 0 Å². The smallest absolute Gasteiger partial charge is 0.0636 e. The van der Waals surface area contributed by atoms with E-state index in [4.69, 9.17) is 34.8 Å². The third-order valence-corrected chi connectivity index (χ3v) is 1.94. The number of alkyl halides is 1. The molecule has 0 aliphatic carbocycles. The Labute approximate surface area is 80.3 Å². The van der Waals surface area contributed by atoms with Crippen LogP contribution < -0.4 is 0 Å². The van der Waals surface area contributed by atoms with Gasteiger partial charge in [-0.2, -0.15) is 0 Å². The quantitative estimate of drug-likeness (QED) is 0.683. The summed E-state index contributed by atoms with van der Waals surface area (Å²) in [5, 5.41) is 1.13. The molecule has 0 saturated heterocycles. The van der Waals surface area contributed by atoms with E-state index in [0.29, 0.717) is 22.3 Å². The van der Waals surface area contributed by atoms with Gasteiger partial charge in [0.1, 0.15) is 0 Å². The molecule has 0 aromatic carbocycles. The predicted molar refractivity (Wildman–Crippen MR) is 48.7 cm³/mol. The van der Waals surface area contributed by atoms with Gasteiger partial charge in [0.15, 0.2) is 0 Å². The fourth-order valence-corrected chi connectivity index (χ4v) is 1.37. The summed E-state index contributed by atoms with van der Waals surface area (Å²) in [6.07, 6.45) is 2.24. The molecule has 0 aliphatic rings. The second-order valence-electron chi connectivity index (χ2n) is 2.02. The fourth-order valence-electron chi connectivity index (χ4n) is 0.716. The zero-order valence-corrected chi connectivity index (χ0v) is 7.92. The maximum atomic E-state index is 5.80. The zero-order valence-electron chi connectivity index (χ0n) is 5.65. The lowest BCUT2D eigenvalue weighted by molar-refractivity contribution is 1.04. The molecule has 0 unspecified atom stereocenters. The Hall–Kier alpha value is 0.0200. The summed E-state index contributed by atoms with van der Waals surface area (Å²) in [7, 11) is 0. The molecule has 0 aliphatic heterocycles. The number of halogens is 3. The van der Waals surface area contributed by atoms with Crippen molar-refractivity contribution < 1.29 is 0 Å². The van der Waals surface area contributed by atoms with Crippen molar-refractivity contribution in [3.8, 4) is 0 Å². The van der Waals surface area contributed by atoms with E-state index in [2.05, 4.69) is 4.98 Å². The molecule has 1 rings (SSSR count). The minimum absolute atomic E-state index is 0.522. The minimum Gasteiger partial charge on any atom is -0.258 e. The highest BCUT2D eigenvalue weighted by Gasteiger charge is 2.00. The largest absolute Gasteiger partial charge is 0.258 e. The highest BCUT2D eigenvalue weighted by molar-refractivity contribution is 6.34. The first-order valence-corrected chi connectivity index (χ1v) is 4.39. The Balaban J connectivity index is 2.90. The van der Waals surface area contributed by atoms with Crippen LogP contribution >= 0.6 is 34.8 Å². The van der Waals surface area contributed by atoms with Crippen molar-refractivity contribution in [2.75, 3.05) is 5.88 Å². The molecule has 1 aromatic heterocycles. The van der Waals surface area contributed by atoms with Crippen LogP contribution in [-0.4, -0.2) is 10.9 Å². The van der Waals surface area contributed by atoms with Crippen molar-refractivity contribution in [2.24, 2.45) is 0 Å². The van der Waals surface area contributed by atoms with Gasteiger partial charge in [0, 0.05) is 18.5 Å². The lowest BCUT2D eigenvalue weighted by atomic mass is 10.3. The van der Waals surface area contributed by atoms with E-state index >= 15 is 0 Å². The average Bonchev–Trinajstić information content (AvgIpc) is 1.95. The van der Waals surface area contributed by atoms with Gasteiger partial charge in [-0.25, -0.2) is 0 Å². The molecule has 1 aromatic rings. The van der Waals surface area contributed by atoms with Gasteiger partial charge in [0.2, 0.25) is 0 Å². The van der Waals surface area contributed by atoms with E-state index in [0.717, 1.165) is 5.69 Å². The van der Waals surface area contributed by atoms with Crippen LogP contribution in [0.3, 0.4) is 0 Å². The Kier molecular flexibility index (Phi) is 3.44. The SMILES string of the molecule is ClCCc1ncc(Cl)cc1Cl. The molecular weight excluding hydrogens is 204 g/mol. The average molecular weight is 210 g/mol. The summed E-state index contributed by atoms with van der Waals surface area (Å²) in [6, 6.07) is 1.66. The number of nitrogens with zero attached hydrogens (tertiary/aromatic N) is 1. The molecular formula is C7H6Cl3N. The molecule has 0 saturated carbocycles. The first-order valence-electron chi connectivity index (χ1n) is 3.10. The molecule has 0 atom stereocenters. The molecule has 60 valence electrons. The number of pyridine rings is 1. The second kappa shape index (κ2) is 4.15. The summed E-state index contributed by atoms with van der Waals surface area (Å²) in [4.78, 5) is 4.02. The van der Waals surface area contributed by atoms with Crippen LogP contribution in [0, 0.1) is 0 Å². The van der Waals surface area contributed by atoms with E-state index in [1.807, 2.05) is 0 Å². The van der Waals surface area contributed by atoms with Crippen LogP contribution in [0.2, 0.25) is 10.0 Å². The summed E-state index contributed by atoms with van der Waals surface area (Å²) in [6.45, 7) is 0. The monoisotopic (exact) mass is 209 g/mol. The topological polar surface area (TPSA) is 12.9 Å². The fraction of sp³-hybridized carbons (Fsp3) is 0.286. The summed E-state index contributed by atoms with van der Waals surface area (Å²) in [5.74, 6) is 0.522. The normalized spacial score (nSPS) is 10.1. The maximum absolute atomic E-state index is 5.80. The van der Waals surface area contributed by atoms with E-state index in [-0.39, 0.29) is 0 Å². The van der Waals surface area contributed by atoms with Gasteiger partial charge < -0.3 is 0 Å². The number of rotatable bonds is 2.